The maximum atomic E-state index is 3.70. The van der Waals surface area contributed by atoms with Gasteiger partial charge in [-0.2, -0.15) is 0 Å². The highest BCUT2D eigenvalue weighted by Gasteiger charge is 2.37. The largest absolute Gasteiger partial charge is 0.0888 e. The maximum Gasteiger partial charge on any atom is 0.0176 e. The molecule has 3 atom stereocenters. The smallest absolute Gasteiger partial charge is 0.0176 e. The van der Waals surface area contributed by atoms with Gasteiger partial charge in [0, 0.05) is 4.83 Å². The Labute approximate surface area is 58.8 Å². The lowest BCUT2D eigenvalue weighted by atomic mass is 10.0. The van der Waals surface area contributed by atoms with E-state index < -0.39 is 0 Å². The normalized spacial score (nSPS) is 52.9. The van der Waals surface area contributed by atoms with Crippen LogP contribution in [0.2, 0.25) is 0 Å². The molecule has 0 aromatic carbocycles. The lowest BCUT2D eigenvalue weighted by Crippen LogP contribution is -2.07. The molecule has 0 nitrogen and oxygen atoms in total. The van der Waals surface area contributed by atoms with Crippen molar-refractivity contribution in [2.24, 2.45) is 11.8 Å². The molecule has 2 aliphatic carbocycles. The summed E-state index contributed by atoms with van der Waals surface area (Å²) in [6, 6.07) is 0. The molecule has 2 bridgehead atoms. The molecule has 46 valence electrons. The Morgan fingerprint density at radius 1 is 1.12 bits per heavy atom. The summed E-state index contributed by atoms with van der Waals surface area (Å²) in [4.78, 5) is 0.890. The van der Waals surface area contributed by atoms with E-state index in [2.05, 4.69) is 15.9 Å². The monoisotopic (exact) mass is 174 g/mol. The van der Waals surface area contributed by atoms with Gasteiger partial charge < -0.3 is 0 Å². The van der Waals surface area contributed by atoms with Gasteiger partial charge in [0.25, 0.3) is 0 Å². The van der Waals surface area contributed by atoms with E-state index in [9.17, 15) is 0 Å². The van der Waals surface area contributed by atoms with Crippen LogP contribution in [0.1, 0.15) is 25.7 Å². The van der Waals surface area contributed by atoms with Crippen LogP contribution < -0.4 is 0 Å². The molecular formula is C7H11Br. The molecule has 0 amide bonds. The minimum Gasteiger partial charge on any atom is -0.0888 e. The molecule has 2 unspecified atom stereocenters. The summed E-state index contributed by atoms with van der Waals surface area (Å²) in [5.41, 5.74) is 0. The van der Waals surface area contributed by atoms with E-state index in [0.29, 0.717) is 0 Å². The molecular weight excluding hydrogens is 164 g/mol. The first-order chi connectivity index (χ1) is 3.86. The van der Waals surface area contributed by atoms with E-state index in [1.807, 2.05) is 0 Å². The molecule has 0 N–H and O–H groups in total. The predicted octanol–water partition coefficient (Wildman–Crippen LogP) is 2.57. The fourth-order valence-electron chi connectivity index (χ4n) is 2.17. The van der Waals surface area contributed by atoms with E-state index in [-0.39, 0.29) is 0 Å². The topological polar surface area (TPSA) is 0 Å². The van der Waals surface area contributed by atoms with Gasteiger partial charge in [0.2, 0.25) is 0 Å². The summed E-state index contributed by atoms with van der Waals surface area (Å²) in [5, 5.41) is 0. The third kappa shape index (κ3) is 0.637. The van der Waals surface area contributed by atoms with Gasteiger partial charge >= 0.3 is 0 Å². The van der Waals surface area contributed by atoms with E-state index in [1.54, 1.807) is 0 Å². The Hall–Kier alpha value is 0.480. The van der Waals surface area contributed by atoms with Crippen LogP contribution in [0.15, 0.2) is 0 Å². The first kappa shape index (κ1) is 5.28. The van der Waals surface area contributed by atoms with Crippen molar-refractivity contribution >= 4 is 15.9 Å². The zero-order chi connectivity index (χ0) is 5.56. The number of rotatable bonds is 0. The van der Waals surface area contributed by atoms with Crippen LogP contribution in [-0.2, 0) is 0 Å². The zero-order valence-corrected chi connectivity index (χ0v) is 6.52. The van der Waals surface area contributed by atoms with Crippen molar-refractivity contribution in [3.63, 3.8) is 0 Å². The lowest BCUT2D eigenvalue weighted by Gasteiger charge is -2.13. The molecule has 0 heterocycles. The molecule has 0 aromatic rings. The molecule has 2 saturated carbocycles. The van der Waals surface area contributed by atoms with E-state index in [4.69, 9.17) is 0 Å². The number of alkyl halides is 1. The van der Waals surface area contributed by atoms with Crippen LogP contribution >= 0.6 is 15.9 Å². The second-order valence-corrected chi connectivity index (χ2v) is 4.37. The van der Waals surface area contributed by atoms with Gasteiger partial charge in [-0.1, -0.05) is 22.4 Å². The van der Waals surface area contributed by atoms with Crippen molar-refractivity contribution in [2.45, 2.75) is 30.5 Å². The third-order valence-electron chi connectivity index (χ3n) is 2.65. The van der Waals surface area contributed by atoms with Crippen molar-refractivity contribution in [1.82, 2.24) is 0 Å². The number of hydrogen-bond acceptors (Lipinski definition) is 0. The van der Waals surface area contributed by atoms with Gasteiger partial charge in [-0.25, -0.2) is 0 Å². The van der Waals surface area contributed by atoms with Crippen molar-refractivity contribution in [3.05, 3.63) is 0 Å². The average molecular weight is 175 g/mol. The van der Waals surface area contributed by atoms with E-state index in [0.717, 1.165) is 16.7 Å². The molecule has 0 radical (unpaired) electrons. The van der Waals surface area contributed by atoms with E-state index in [1.165, 1.54) is 25.7 Å². The van der Waals surface area contributed by atoms with Crippen LogP contribution in [0.25, 0.3) is 0 Å². The van der Waals surface area contributed by atoms with Gasteiger partial charge in [-0.05, 0) is 31.1 Å². The number of hydrogen-bond donors (Lipinski definition) is 0. The highest BCUT2D eigenvalue weighted by molar-refractivity contribution is 9.09. The van der Waals surface area contributed by atoms with Gasteiger partial charge in [-0.3, -0.25) is 0 Å². The van der Waals surface area contributed by atoms with Crippen molar-refractivity contribution in [2.75, 3.05) is 0 Å². The average Bonchev–Trinajstić information content (AvgIpc) is 2.23. The van der Waals surface area contributed by atoms with Gasteiger partial charge in [-0.15, -0.1) is 0 Å². The Morgan fingerprint density at radius 3 is 2.25 bits per heavy atom. The fourth-order valence-corrected chi connectivity index (χ4v) is 3.18. The maximum absolute atomic E-state index is 3.70. The van der Waals surface area contributed by atoms with Crippen LogP contribution in [0, 0.1) is 11.8 Å². The molecule has 2 fully saturated rings. The Balaban J connectivity index is 2.11. The summed E-state index contributed by atoms with van der Waals surface area (Å²) in [5.74, 6) is 2.16. The second-order valence-electron chi connectivity index (χ2n) is 3.19. The van der Waals surface area contributed by atoms with Crippen LogP contribution in [0.3, 0.4) is 0 Å². The van der Waals surface area contributed by atoms with E-state index >= 15 is 0 Å². The molecule has 8 heavy (non-hydrogen) atoms. The van der Waals surface area contributed by atoms with Crippen LogP contribution in [0.5, 0.6) is 0 Å². The first-order valence-electron chi connectivity index (χ1n) is 3.50. The van der Waals surface area contributed by atoms with Crippen molar-refractivity contribution in [1.29, 1.82) is 0 Å². The highest BCUT2D eigenvalue weighted by atomic mass is 79.9. The van der Waals surface area contributed by atoms with Crippen LogP contribution in [0.4, 0.5) is 0 Å². The summed E-state index contributed by atoms with van der Waals surface area (Å²) in [6.45, 7) is 0. The fraction of sp³-hybridized carbons (Fsp3) is 1.00. The Morgan fingerprint density at radius 2 is 2.00 bits per heavy atom. The Bertz CT molecular complexity index is 98.6. The zero-order valence-electron chi connectivity index (χ0n) is 4.94. The molecule has 2 aliphatic rings. The standard InChI is InChI=1S/C7H11Br/c8-7-4-5-1-2-6(7)3-5/h5-7H,1-4H2/t5?,6?,7-/m0/s1. The van der Waals surface area contributed by atoms with Gasteiger partial charge in [0.15, 0.2) is 0 Å². The number of halogens is 1. The highest BCUT2D eigenvalue weighted by Crippen LogP contribution is 2.47. The number of fused-ring (bicyclic) bond motifs is 2. The summed E-state index contributed by atoms with van der Waals surface area (Å²) >= 11 is 3.70. The van der Waals surface area contributed by atoms with Gasteiger partial charge in [0.05, 0.1) is 0 Å². The summed E-state index contributed by atoms with van der Waals surface area (Å²) in [7, 11) is 0. The summed E-state index contributed by atoms with van der Waals surface area (Å²) < 4.78 is 0. The quantitative estimate of drug-likeness (QED) is 0.496. The Kier molecular flexibility index (Phi) is 1.14. The van der Waals surface area contributed by atoms with Crippen LogP contribution in [-0.4, -0.2) is 4.83 Å². The predicted molar refractivity (Wildman–Crippen MR) is 38.2 cm³/mol. The molecule has 0 spiro atoms. The molecule has 0 saturated heterocycles. The molecule has 0 aromatic heterocycles. The minimum absolute atomic E-state index is 0.890. The van der Waals surface area contributed by atoms with Crippen molar-refractivity contribution in [3.8, 4) is 0 Å². The minimum atomic E-state index is 0.890. The first-order valence-corrected chi connectivity index (χ1v) is 4.42. The van der Waals surface area contributed by atoms with Crippen molar-refractivity contribution < 1.29 is 0 Å². The molecule has 1 heteroatoms. The summed E-state index contributed by atoms with van der Waals surface area (Å²) in [6.07, 6.45) is 6.01. The second kappa shape index (κ2) is 1.73. The molecule has 2 rings (SSSR count). The van der Waals surface area contributed by atoms with Gasteiger partial charge in [0.1, 0.15) is 0 Å². The third-order valence-corrected chi connectivity index (χ3v) is 3.77. The lowest BCUT2D eigenvalue weighted by molar-refractivity contribution is 0.497. The SMILES string of the molecule is Br[C@H]1CC2CCC1C2. The molecule has 0 aliphatic heterocycles.